The van der Waals surface area contributed by atoms with Crippen molar-refractivity contribution in [3.63, 3.8) is 0 Å². The van der Waals surface area contributed by atoms with Crippen molar-refractivity contribution in [2.24, 2.45) is 0 Å². The first-order valence-electron chi connectivity index (χ1n) is 8.91. The van der Waals surface area contributed by atoms with Crippen LogP contribution in [-0.2, 0) is 14.2 Å². The fourth-order valence-electron chi connectivity index (χ4n) is 2.00. The number of rotatable bonds is 16. The van der Waals surface area contributed by atoms with E-state index in [9.17, 15) is 5.11 Å². The average molecular weight is 318 g/mol. The Morgan fingerprint density at radius 2 is 1.14 bits per heavy atom. The van der Waals surface area contributed by atoms with Gasteiger partial charge in [-0.2, -0.15) is 0 Å². The van der Waals surface area contributed by atoms with Gasteiger partial charge in [0.05, 0.1) is 11.7 Å². The zero-order valence-electron chi connectivity index (χ0n) is 15.2. The minimum Gasteiger partial charge on any atom is -0.390 e. The third kappa shape index (κ3) is 19.8. The molecule has 0 saturated carbocycles. The average Bonchev–Trinajstić information content (AvgIpc) is 2.41. The number of hydrogen-bond donors (Lipinski definition) is 1. The van der Waals surface area contributed by atoms with Gasteiger partial charge in [-0.3, -0.25) is 0 Å². The molecule has 4 nitrogen and oxygen atoms in total. The summed E-state index contributed by atoms with van der Waals surface area (Å²) in [5, 5.41) is 9.57. The van der Waals surface area contributed by atoms with Crippen LogP contribution in [0.4, 0.5) is 0 Å². The fourth-order valence-corrected chi connectivity index (χ4v) is 2.00. The van der Waals surface area contributed by atoms with E-state index in [2.05, 4.69) is 13.8 Å². The van der Waals surface area contributed by atoms with E-state index >= 15 is 0 Å². The van der Waals surface area contributed by atoms with Gasteiger partial charge in [0.1, 0.15) is 0 Å². The Balaban J connectivity index is 3.03. The molecule has 0 aliphatic rings. The quantitative estimate of drug-likeness (QED) is 0.438. The summed E-state index contributed by atoms with van der Waals surface area (Å²) >= 11 is 0. The Bertz CT molecular complexity index is 224. The lowest BCUT2D eigenvalue weighted by Gasteiger charge is -2.16. The maximum Gasteiger partial charge on any atom is 0.0591 e. The van der Waals surface area contributed by atoms with Crippen molar-refractivity contribution in [1.29, 1.82) is 0 Å². The molecule has 0 unspecified atom stereocenters. The second-order valence-corrected chi connectivity index (χ2v) is 6.83. The highest BCUT2D eigenvalue weighted by molar-refractivity contribution is 4.64. The summed E-state index contributed by atoms with van der Waals surface area (Å²) in [6.45, 7) is 11.9. The molecule has 0 heterocycles. The van der Waals surface area contributed by atoms with Gasteiger partial charge in [0.15, 0.2) is 0 Å². The Labute approximate surface area is 137 Å². The maximum atomic E-state index is 9.57. The van der Waals surface area contributed by atoms with Gasteiger partial charge in [-0.25, -0.2) is 0 Å². The molecule has 0 amide bonds. The lowest BCUT2D eigenvalue weighted by atomic mass is 10.0. The second-order valence-electron chi connectivity index (χ2n) is 6.83. The number of ether oxygens (including phenoxy) is 3. The molecular formula is C18H38O4. The van der Waals surface area contributed by atoms with Crippen LogP contribution < -0.4 is 0 Å². The molecule has 134 valence electrons. The van der Waals surface area contributed by atoms with E-state index in [0.29, 0.717) is 6.10 Å². The van der Waals surface area contributed by atoms with Crippen molar-refractivity contribution in [1.82, 2.24) is 0 Å². The van der Waals surface area contributed by atoms with Gasteiger partial charge >= 0.3 is 0 Å². The number of hydrogen-bond acceptors (Lipinski definition) is 4. The summed E-state index contributed by atoms with van der Waals surface area (Å²) in [5.74, 6) is 0. The van der Waals surface area contributed by atoms with E-state index in [0.717, 1.165) is 78.0 Å². The topological polar surface area (TPSA) is 47.9 Å². The molecule has 0 fully saturated rings. The zero-order chi connectivity index (χ0) is 16.7. The summed E-state index contributed by atoms with van der Waals surface area (Å²) in [6, 6.07) is 0. The van der Waals surface area contributed by atoms with Crippen LogP contribution in [0.25, 0.3) is 0 Å². The van der Waals surface area contributed by atoms with Crippen LogP contribution in [-0.4, -0.2) is 49.8 Å². The van der Waals surface area contributed by atoms with Crippen LogP contribution in [0, 0.1) is 0 Å². The molecule has 0 saturated heterocycles. The van der Waals surface area contributed by atoms with Gasteiger partial charge < -0.3 is 19.3 Å². The molecule has 0 aliphatic heterocycles. The van der Waals surface area contributed by atoms with E-state index in [1.807, 2.05) is 13.8 Å². The van der Waals surface area contributed by atoms with Crippen molar-refractivity contribution in [3.05, 3.63) is 0 Å². The monoisotopic (exact) mass is 318 g/mol. The lowest BCUT2D eigenvalue weighted by molar-refractivity contribution is 0.0602. The van der Waals surface area contributed by atoms with Crippen molar-refractivity contribution >= 4 is 0 Å². The highest BCUT2D eigenvalue weighted by Crippen LogP contribution is 2.11. The van der Waals surface area contributed by atoms with Gasteiger partial charge in [-0.05, 0) is 72.6 Å². The molecule has 0 bridgehead atoms. The van der Waals surface area contributed by atoms with E-state index in [1.165, 1.54) is 0 Å². The van der Waals surface area contributed by atoms with Crippen LogP contribution >= 0.6 is 0 Å². The minimum atomic E-state index is -0.543. The molecule has 22 heavy (non-hydrogen) atoms. The van der Waals surface area contributed by atoms with Crippen molar-refractivity contribution < 1.29 is 19.3 Å². The van der Waals surface area contributed by atoms with Gasteiger partial charge in [-0.1, -0.05) is 0 Å². The molecule has 0 atom stereocenters. The molecular weight excluding hydrogens is 280 g/mol. The summed E-state index contributed by atoms with van der Waals surface area (Å²) in [7, 11) is 0. The predicted molar refractivity (Wildman–Crippen MR) is 91.3 cm³/mol. The SMILES string of the molecule is CC(C)OCCCCOCCCCOCCCCC(C)(C)O. The Kier molecular flexibility index (Phi) is 14.3. The predicted octanol–water partition coefficient (Wildman–Crippen LogP) is 3.95. The largest absolute Gasteiger partial charge is 0.390 e. The van der Waals surface area contributed by atoms with E-state index in [1.54, 1.807) is 0 Å². The van der Waals surface area contributed by atoms with E-state index in [-0.39, 0.29) is 0 Å². The first kappa shape index (κ1) is 21.8. The minimum absolute atomic E-state index is 0.330. The first-order chi connectivity index (χ1) is 10.4. The smallest absolute Gasteiger partial charge is 0.0591 e. The Morgan fingerprint density at radius 1 is 0.727 bits per heavy atom. The van der Waals surface area contributed by atoms with Crippen molar-refractivity contribution in [3.8, 4) is 0 Å². The molecule has 0 aromatic carbocycles. The molecule has 0 aromatic heterocycles. The van der Waals surface area contributed by atoms with Gasteiger partial charge in [0.25, 0.3) is 0 Å². The van der Waals surface area contributed by atoms with Crippen LogP contribution in [0.3, 0.4) is 0 Å². The number of unbranched alkanes of at least 4 members (excludes halogenated alkanes) is 3. The van der Waals surface area contributed by atoms with Crippen LogP contribution in [0.2, 0.25) is 0 Å². The molecule has 0 spiro atoms. The Morgan fingerprint density at radius 3 is 1.55 bits per heavy atom. The van der Waals surface area contributed by atoms with Crippen LogP contribution in [0.1, 0.15) is 72.6 Å². The van der Waals surface area contributed by atoms with Crippen molar-refractivity contribution in [2.45, 2.75) is 84.3 Å². The summed E-state index contributed by atoms with van der Waals surface area (Å²) in [5.41, 5.74) is -0.543. The molecule has 4 heteroatoms. The number of aliphatic hydroxyl groups is 1. The third-order valence-electron chi connectivity index (χ3n) is 3.29. The summed E-state index contributed by atoms with van der Waals surface area (Å²) in [6.07, 6.45) is 7.49. The highest BCUT2D eigenvalue weighted by atomic mass is 16.5. The normalized spacial score (nSPS) is 12.3. The molecule has 0 aromatic rings. The molecule has 0 aliphatic carbocycles. The van der Waals surface area contributed by atoms with E-state index in [4.69, 9.17) is 14.2 Å². The summed E-state index contributed by atoms with van der Waals surface area (Å²) in [4.78, 5) is 0. The lowest BCUT2D eigenvalue weighted by Crippen LogP contribution is -2.18. The van der Waals surface area contributed by atoms with Crippen molar-refractivity contribution in [2.75, 3.05) is 33.0 Å². The molecule has 0 rings (SSSR count). The fraction of sp³-hybridized carbons (Fsp3) is 1.00. The Hall–Kier alpha value is -0.160. The highest BCUT2D eigenvalue weighted by Gasteiger charge is 2.10. The van der Waals surface area contributed by atoms with Gasteiger partial charge in [0.2, 0.25) is 0 Å². The van der Waals surface area contributed by atoms with Gasteiger partial charge in [0, 0.05) is 33.0 Å². The standard InChI is InChI=1S/C18H38O4/c1-17(2)22-16-10-9-15-21-14-8-7-13-20-12-6-5-11-18(3,4)19/h17,19H,5-16H2,1-4H3. The first-order valence-corrected chi connectivity index (χ1v) is 8.91. The van der Waals surface area contributed by atoms with Crippen LogP contribution in [0.15, 0.2) is 0 Å². The second kappa shape index (κ2) is 14.4. The third-order valence-corrected chi connectivity index (χ3v) is 3.29. The maximum absolute atomic E-state index is 9.57. The molecule has 1 N–H and O–H groups in total. The van der Waals surface area contributed by atoms with E-state index < -0.39 is 5.60 Å². The molecule has 0 radical (unpaired) electrons. The zero-order valence-corrected chi connectivity index (χ0v) is 15.2. The summed E-state index contributed by atoms with van der Waals surface area (Å²) < 4.78 is 16.6. The van der Waals surface area contributed by atoms with Crippen LogP contribution in [0.5, 0.6) is 0 Å². The van der Waals surface area contributed by atoms with Gasteiger partial charge in [-0.15, -0.1) is 0 Å².